The maximum Gasteiger partial charge on any atom is 0.433 e. The first-order valence-electron chi connectivity index (χ1n) is 4.15. The normalized spacial score (nSPS) is 12.0. The molecule has 2 aromatic rings. The minimum absolute atomic E-state index is 0.103. The summed E-state index contributed by atoms with van der Waals surface area (Å²) in [6.45, 7) is 0. The lowest BCUT2D eigenvalue weighted by atomic mass is 10.2. The lowest BCUT2D eigenvalue weighted by molar-refractivity contribution is -0.141. The molecule has 16 heavy (non-hydrogen) atoms. The lowest BCUT2D eigenvalue weighted by Crippen LogP contribution is -2.10. The predicted molar refractivity (Wildman–Crippen MR) is 52.4 cm³/mol. The van der Waals surface area contributed by atoms with E-state index in [1.54, 1.807) is 0 Å². The number of aromatic amines is 1. The fraction of sp³-hybridized carbons (Fsp3) is 0.111. The molecule has 0 amide bonds. The van der Waals surface area contributed by atoms with E-state index in [-0.39, 0.29) is 16.1 Å². The number of nitrogens with zero attached hydrogens (tertiary/aromatic N) is 1. The van der Waals surface area contributed by atoms with Crippen LogP contribution in [-0.4, -0.2) is 9.97 Å². The van der Waals surface area contributed by atoms with Crippen LogP contribution in [0.4, 0.5) is 13.2 Å². The average molecular weight is 249 g/mol. The highest BCUT2D eigenvalue weighted by atomic mass is 35.5. The van der Waals surface area contributed by atoms with Gasteiger partial charge < -0.3 is 4.98 Å². The summed E-state index contributed by atoms with van der Waals surface area (Å²) in [7, 11) is 0. The first-order valence-corrected chi connectivity index (χ1v) is 4.52. The van der Waals surface area contributed by atoms with Crippen LogP contribution in [0.25, 0.3) is 11.0 Å². The van der Waals surface area contributed by atoms with Crippen LogP contribution < -0.4 is 5.56 Å². The minimum atomic E-state index is -4.59. The lowest BCUT2D eigenvalue weighted by Gasteiger charge is -2.07. The molecule has 0 fully saturated rings. The molecular formula is C9H4ClF3N2O. The third-order valence-electron chi connectivity index (χ3n) is 1.94. The number of halogens is 4. The molecule has 84 valence electrons. The van der Waals surface area contributed by atoms with Crippen molar-refractivity contribution in [1.82, 2.24) is 9.97 Å². The van der Waals surface area contributed by atoms with E-state index in [1.807, 2.05) is 0 Å². The summed E-state index contributed by atoms with van der Waals surface area (Å²) in [4.78, 5) is 16.4. The third kappa shape index (κ3) is 1.88. The van der Waals surface area contributed by atoms with Crippen molar-refractivity contribution in [1.29, 1.82) is 0 Å². The third-order valence-corrected chi connectivity index (χ3v) is 2.25. The second kappa shape index (κ2) is 3.48. The molecule has 0 radical (unpaired) electrons. The van der Waals surface area contributed by atoms with Crippen molar-refractivity contribution < 1.29 is 13.2 Å². The standard InChI is InChI=1S/C9H4ClF3N2O/c10-5-3-6(9(11,12)13)14-8-4(5)1-2-7(16)15-8/h1-3H,(H,14,15,16). The van der Waals surface area contributed by atoms with Crippen LogP contribution in [0.15, 0.2) is 23.0 Å². The van der Waals surface area contributed by atoms with Gasteiger partial charge in [0.05, 0.1) is 5.02 Å². The predicted octanol–water partition coefficient (Wildman–Crippen LogP) is 2.60. The molecule has 0 atom stereocenters. The summed E-state index contributed by atoms with van der Waals surface area (Å²) in [6.07, 6.45) is -4.59. The van der Waals surface area contributed by atoms with Crippen LogP contribution in [0, 0.1) is 0 Å². The topological polar surface area (TPSA) is 45.8 Å². The summed E-state index contributed by atoms with van der Waals surface area (Å²) >= 11 is 5.66. The molecule has 0 aliphatic rings. The van der Waals surface area contributed by atoms with E-state index in [9.17, 15) is 18.0 Å². The number of pyridine rings is 2. The quantitative estimate of drug-likeness (QED) is 0.779. The van der Waals surface area contributed by atoms with Gasteiger partial charge in [0.2, 0.25) is 5.56 Å². The Morgan fingerprint density at radius 3 is 2.62 bits per heavy atom. The van der Waals surface area contributed by atoms with Crippen LogP contribution in [0.2, 0.25) is 5.02 Å². The fourth-order valence-electron chi connectivity index (χ4n) is 1.24. The van der Waals surface area contributed by atoms with Gasteiger partial charge in [-0.15, -0.1) is 0 Å². The Labute approximate surface area is 91.9 Å². The number of nitrogens with one attached hydrogen (secondary N) is 1. The van der Waals surface area contributed by atoms with Crippen LogP contribution in [-0.2, 0) is 6.18 Å². The van der Waals surface area contributed by atoms with Gasteiger partial charge in [0, 0.05) is 11.5 Å². The van der Waals surface area contributed by atoms with Gasteiger partial charge in [0.25, 0.3) is 0 Å². The Morgan fingerprint density at radius 2 is 2.00 bits per heavy atom. The molecule has 3 nitrogen and oxygen atoms in total. The fourth-order valence-corrected chi connectivity index (χ4v) is 1.50. The summed E-state index contributed by atoms with van der Waals surface area (Å²) < 4.78 is 37.1. The number of rotatable bonds is 0. The first kappa shape index (κ1) is 10.9. The summed E-state index contributed by atoms with van der Waals surface area (Å²) in [5.41, 5.74) is -1.84. The van der Waals surface area contributed by atoms with E-state index in [2.05, 4.69) is 9.97 Å². The van der Waals surface area contributed by atoms with Gasteiger partial charge >= 0.3 is 6.18 Å². The molecule has 2 aromatic heterocycles. The Kier molecular flexibility index (Phi) is 2.38. The van der Waals surface area contributed by atoms with Gasteiger partial charge in [-0.05, 0) is 12.1 Å². The Morgan fingerprint density at radius 1 is 1.31 bits per heavy atom. The summed E-state index contributed by atoms with van der Waals surface area (Å²) in [5, 5.41) is 0.169. The number of hydrogen-bond acceptors (Lipinski definition) is 2. The molecule has 0 aliphatic heterocycles. The minimum Gasteiger partial charge on any atom is -0.307 e. The van der Waals surface area contributed by atoms with Gasteiger partial charge in [-0.1, -0.05) is 11.6 Å². The number of alkyl halides is 3. The largest absolute Gasteiger partial charge is 0.433 e. The van der Waals surface area contributed by atoms with Crippen molar-refractivity contribution in [2.24, 2.45) is 0 Å². The van der Waals surface area contributed by atoms with Gasteiger partial charge in [-0.25, -0.2) is 4.98 Å². The highest BCUT2D eigenvalue weighted by Gasteiger charge is 2.33. The molecular weight excluding hydrogens is 245 g/mol. The smallest absolute Gasteiger partial charge is 0.307 e. The van der Waals surface area contributed by atoms with Gasteiger partial charge in [-0.3, -0.25) is 4.79 Å². The Balaban J connectivity index is 2.80. The van der Waals surface area contributed by atoms with Crippen LogP contribution >= 0.6 is 11.6 Å². The second-order valence-corrected chi connectivity index (χ2v) is 3.48. The molecule has 0 spiro atoms. The first-order chi connectivity index (χ1) is 7.38. The van der Waals surface area contributed by atoms with Crippen LogP contribution in [0.1, 0.15) is 5.69 Å². The van der Waals surface area contributed by atoms with E-state index >= 15 is 0 Å². The van der Waals surface area contributed by atoms with Crippen LogP contribution in [0.3, 0.4) is 0 Å². The molecule has 0 saturated heterocycles. The van der Waals surface area contributed by atoms with Crippen molar-refractivity contribution >= 4 is 22.6 Å². The van der Waals surface area contributed by atoms with Crippen molar-refractivity contribution in [2.45, 2.75) is 6.18 Å². The van der Waals surface area contributed by atoms with E-state index in [0.717, 1.165) is 6.07 Å². The maximum absolute atomic E-state index is 12.4. The zero-order valence-electron chi connectivity index (χ0n) is 7.60. The van der Waals surface area contributed by atoms with Gasteiger partial charge in [0.1, 0.15) is 11.3 Å². The number of aromatic nitrogens is 2. The van der Waals surface area contributed by atoms with E-state index < -0.39 is 17.4 Å². The Bertz CT molecular complexity index is 606. The van der Waals surface area contributed by atoms with Crippen molar-refractivity contribution in [3.63, 3.8) is 0 Å². The number of H-pyrrole nitrogens is 1. The zero-order valence-corrected chi connectivity index (χ0v) is 8.36. The van der Waals surface area contributed by atoms with E-state index in [0.29, 0.717) is 0 Å². The summed E-state index contributed by atoms with van der Waals surface area (Å²) in [6, 6.07) is 3.22. The highest BCUT2D eigenvalue weighted by molar-refractivity contribution is 6.35. The van der Waals surface area contributed by atoms with Crippen molar-refractivity contribution in [3.8, 4) is 0 Å². The van der Waals surface area contributed by atoms with Gasteiger partial charge in [-0.2, -0.15) is 13.2 Å². The second-order valence-electron chi connectivity index (χ2n) is 3.07. The zero-order chi connectivity index (χ0) is 11.9. The Hall–Kier alpha value is -1.56. The average Bonchev–Trinajstić information content (AvgIpc) is 2.15. The SMILES string of the molecule is O=c1ccc2c(Cl)cc(C(F)(F)F)nc2[nH]1. The molecule has 0 aromatic carbocycles. The van der Waals surface area contributed by atoms with Crippen molar-refractivity contribution in [2.75, 3.05) is 0 Å². The monoisotopic (exact) mass is 248 g/mol. The van der Waals surface area contributed by atoms with E-state index in [4.69, 9.17) is 11.6 Å². The van der Waals surface area contributed by atoms with Crippen molar-refractivity contribution in [3.05, 3.63) is 39.3 Å². The molecule has 0 aliphatic carbocycles. The maximum atomic E-state index is 12.4. The van der Waals surface area contributed by atoms with Gasteiger partial charge in [0.15, 0.2) is 0 Å². The van der Waals surface area contributed by atoms with Crippen LogP contribution in [0.5, 0.6) is 0 Å². The molecule has 2 rings (SSSR count). The molecule has 0 bridgehead atoms. The summed E-state index contributed by atoms with van der Waals surface area (Å²) in [5.74, 6) is 0. The molecule has 7 heteroatoms. The van der Waals surface area contributed by atoms with E-state index in [1.165, 1.54) is 12.1 Å². The molecule has 1 N–H and O–H groups in total. The molecule has 2 heterocycles. The number of fused-ring (bicyclic) bond motifs is 1. The highest BCUT2D eigenvalue weighted by Crippen LogP contribution is 2.31. The molecule has 0 unspecified atom stereocenters. The molecule has 0 saturated carbocycles. The number of hydrogen-bond donors (Lipinski definition) is 1.